The lowest BCUT2D eigenvalue weighted by Gasteiger charge is -2.01. The predicted octanol–water partition coefficient (Wildman–Crippen LogP) is 1.18. The Kier molecular flexibility index (Phi) is 3.41. The van der Waals surface area contributed by atoms with Crippen molar-refractivity contribution in [1.29, 1.82) is 0 Å². The first-order valence-corrected chi connectivity index (χ1v) is 3.67. The van der Waals surface area contributed by atoms with Gasteiger partial charge in [-0.3, -0.25) is 4.99 Å². The Morgan fingerprint density at radius 3 is 3.27 bits per heavy atom. The van der Waals surface area contributed by atoms with Crippen LogP contribution in [0.1, 0.15) is 12.8 Å². The minimum absolute atomic E-state index is 0.689. The highest BCUT2D eigenvalue weighted by atomic mass is 16.5. The van der Waals surface area contributed by atoms with E-state index in [2.05, 4.69) is 4.99 Å². The molecule has 1 aliphatic heterocycles. The van der Waals surface area contributed by atoms with Gasteiger partial charge in [-0.2, -0.15) is 0 Å². The molecule has 0 saturated heterocycles. The highest BCUT2D eigenvalue weighted by Gasteiger charge is 1.96. The van der Waals surface area contributed by atoms with E-state index in [9.17, 15) is 0 Å². The van der Waals surface area contributed by atoms with Crippen molar-refractivity contribution in [3.8, 4) is 0 Å². The first kappa shape index (κ1) is 8.01. The van der Waals surface area contributed by atoms with Gasteiger partial charge in [0.15, 0.2) is 0 Å². The van der Waals surface area contributed by atoms with Crippen LogP contribution >= 0.6 is 0 Å². The first-order chi connectivity index (χ1) is 5.43. The molecule has 60 valence electrons. The van der Waals surface area contributed by atoms with Gasteiger partial charge in [0.25, 0.3) is 0 Å². The molecule has 0 aromatic rings. The molecular formula is C8H12N2O. The van der Waals surface area contributed by atoms with Crippen molar-refractivity contribution in [2.24, 2.45) is 10.7 Å². The van der Waals surface area contributed by atoms with Gasteiger partial charge >= 0.3 is 0 Å². The van der Waals surface area contributed by atoms with Crippen molar-refractivity contribution < 1.29 is 4.74 Å². The van der Waals surface area contributed by atoms with Crippen LogP contribution in [-0.4, -0.2) is 12.8 Å². The lowest BCUT2D eigenvalue weighted by atomic mass is 10.3. The third-order valence-corrected chi connectivity index (χ3v) is 1.32. The number of hydrogen-bond acceptors (Lipinski definition) is 3. The fraction of sp³-hybridized carbons (Fsp3) is 0.375. The third-order valence-electron chi connectivity index (χ3n) is 1.32. The van der Waals surface area contributed by atoms with E-state index in [0.717, 1.165) is 18.6 Å². The molecule has 0 aromatic carbocycles. The van der Waals surface area contributed by atoms with Crippen LogP contribution < -0.4 is 5.73 Å². The Morgan fingerprint density at radius 1 is 1.55 bits per heavy atom. The fourth-order valence-electron chi connectivity index (χ4n) is 0.768. The summed E-state index contributed by atoms with van der Waals surface area (Å²) in [4.78, 5) is 3.97. The van der Waals surface area contributed by atoms with E-state index in [1.165, 1.54) is 0 Å². The van der Waals surface area contributed by atoms with Gasteiger partial charge in [0.2, 0.25) is 0 Å². The number of aliphatic imine (C=N–C) groups is 1. The molecule has 3 heteroatoms. The van der Waals surface area contributed by atoms with Crippen molar-refractivity contribution in [2.75, 3.05) is 6.54 Å². The van der Waals surface area contributed by atoms with Crippen LogP contribution in [0.4, 0.5) is 0 Å². The Balaban J connectivity index is 2.38. The van der Waals surface area contributed by atoms with Gasteiger partial charge in [0.1, 0.15) is 5.76 Å². The number of hydrogen-bond donors (Lipinski definition) is 1. The molecule has 0 bridgehead atoms. The summed E-state index contributed by atoms with van der Waals surface area (Å²) in [5.74, 6) is 0.875. The van der Waals surface area contributed by atoms with Crippen molar-refractivity contribution in [3.63, 3.8) is 0 Å². The number of allylic oxidation sites excluding steroid dienone is 2. The van der Waals surface area contributed by atoms with Gasteiger partial charge < -0.3 is 10.5 Å². The van der Waals surface area contributed by atoms with E-state index >= 15 is 0 Å². The minimum atomic E-state index is 0.689. The lowest BCUT2D eigenvalue weighted by molar-refractivity contribution is 0.331. The van der Waals surface area contributed by atoms with E-state index in [-0.39, 0.29) is 0 Å². The van der Waals surface area contributed by atoms with Gasteiger partial charge in [0, 0.05) is 12.6 Å². The Hall–Kier alpha value is -1.09. The number of ether oxygens (including phenoxy) is 1. The molecule has 0 fully saturated rings. The predicted molar refractivity (Wildman–Crippen MR) is 45.1 cm³/mol. The van der Waals surface area contributed by atoms with Crippen LogP contribution in [0.15, 0.2) is 29.3 Å². The molecule has 0 amide bonds. The van der Waals surface area contributed by atoms with E-state index < -0.39 is 0 Å². The Bertz CT molecular complexity index is 194. The number of nitrogens with two attached hydrogens (primary N) is 1. The highest BCUT2D eigenvalue weighted by molar-refractivity contribution is 5.71. The standard InChI is InChI=1S/C8H12N2O/c9-4-1-3-8-7-10-5-2-6-11-8/h2,5-7H,1,3-4,9H2. The van der Waals surface area contributed by atoms with E-state index in [4.69, 9.17) is 10.5 Å². The highest BCUT2D eigenvalue weighted by Crippen LogP contribution is 2.08. The quantitative estimate of drug-likeness (QED) is 0.660. The second-order valence-electron chi connectivity index (χ2n) is 2.23. The smallest absolute Gasteiger partial charge is 0.121 e. The molecule has 0 unspecified atom stereocenters. The maximum absolute atomic E-state index is 5.35. The molecule has 0 atom stereocenters. The molecule has 3 nitrogen and oxygen atoms in total. The summed E-state index contributed by atoms with van der Waals surface area (Å²) in [7, 11) is 0. The summed E-state index contributed by atoms with van der Waals surface area (Å²) in [6, 6.07) is 0. The molecule has 0 aromatic heterocycles. The van der Waals surface area contributed by atoms with Gasteiger partial charge in [-0.05, 0) is 19.0 Å². The molecule has 0 spiro atoms. The van der Waals surface area contributed by atoms with Crippen molar-refractivity contribution in [2.45, 2.75) is 12.8 Å². The van der Waals surface area contributed by atoms with Gasteiger partial charge in [0.05, 0.1) is 12.5 Å². The minimum Gasteiger partial charge on any atom is -0.468 e. The van der Waals surface area contributed by atoms with Crippen LogP contribution in [0.5, 0.6) is 0 Å². The zero-order chi connectivity index (χ0) is 7.94. The fourth-order valence-corrected chi connectivity index (χ4v) is 0.768. The van der Waals surface area contributed by atoms with Crippen LogP contribution in [-0.2, 0) is 4.74 Å². The average Bonchev–Trinajstić information content (AvgIpc) is 2.28. The van der Waals surface area contributed by atoms with Crippen molar-refractivity contribution in [1.82, 2.24) is 0 Å². The van der Waals surface area contributed by atoms with Crippen molar-refractivity contribution in [3.05, 3.63) is 24.3 Å². The summed E-state index contributed by atoms with van der Waals surface area (Å²) in [5.41, 5.74) is 5.35. The molecule has 1 heterocycles. The lowest BCUT2D eigenvalue weighted by Crippen LogP contribution is -1.99. The maximum atomic E-state index is 5.35. The molecule has 2 N–H and O–H groups in total. The zero-order valence-electron chi connectivity index (χ0n) is 6.36. The molecular weight excluding hydrogens is 140 g/mol. The summed E-state index contributed by atoms with van der Waals surface area (Å²) in [5, 5.41) is 0. The van der Waals surface area contributed by atoms with Crippen LogP contribution in [0.3, 0.4) is 0 Å². The maximum Gasteiger partial charge on any atom is 0.121 e. The normalized spacial score (nSPS) is 15.5. The monoisotopic (exact) mass is 152 g/mol. The number of rotatable bonds is 3. The SMILES string of the molecule is NCCCC1=CN=CC=CO1. The van der Waals surface area contributed by atoms with Crippen LogP contribution in [0, 0.1) is 0 Å². The second-order valence-corrected chi connectivity index (χ2v) is 2.23. The second kappa shape index (κ2) is 4.68. The average molecular weight is 152 g/mol. The summed E-state index contributed by atoms with van der Waals surface area (Å²) in [6.07, 6.45) is 8.59. The molecule has 0 aliphatic carbocycles. The Labute approximate surface area is 66.3 Å². The van der Waals surface area contributed by atoms with Crippen LogP contribution in [0.25, 0.3) is 0 Å². The Morgan fingerprint density at radius 2 is 2.45 bits per heavy atom. The van der Waals surface area contributed by atoms with E-state index in [1.807, 2.05) is 0 Å². The van der Waals surface area contributed by atoms with E-state index in [0.29, 0.717) is 6.54 Å². The van der Waals surface area contributed by atoms with Crippen LogP contribution in [0.2, 0.25) is 0 Å². The van der Waals surface area contributed by atoms with Gasteiger partial charge in [-0.15, -0.1) is 0 Å². The molecule has 0 radical (unpaired) electrons. The summed E-state index contributed by atoms with van der Waals surface area (Å²) < 4.78 is 5.20. The molecule has 1 rings (SSSR count). The summed E-state index contributed by atoms with van der Waals surface area (Å²) >= 11 is 0. The van der Waals surface area contributed by atoms with E-state index in [1.54, 1.807) is 24.8 Å². The van der Waals surface area contributed by atoms with Gasteiger partial charge in [-0.25, -0.2) is 0 Å². The molecule has 0 saturated carbocycles. The molecule has 11 heavy (non-hydrogen) atoms. The largest absolute Gasteiger partial charge is 0.468 e. The summed E-state index contributed by atoms with van der Waals surface area (Å²) in [6.45, 7) is 0.689. The van der Waals surface area contributed by atoms with Gasteiger partial charge in [-0.1, -0.05) is 0 Å². The zero-order valence-corrected chi connectivity index (χ0v) is 6.36. The number of nitrogens with zero attached hydrogens (tertiary/aromatic N) is 1. The molecule has 1 aliphatic rings. The van der Waals surface area contributed by atoms with Crippen molar-refractivity contribution >= 4 is 6.21 Å². The third kappa shape index (κ3) is 3.00. The topological polar surface area (TPSA) is 47.6 Å². The first-order valence-electron chi connectivity index (χ1n) is 3.67.